The van der Waals surface area contributed by atoms with Gasteiger partial charge in [-0.05, 0) is 82.2 Å². The lowest BCUT2D eigenvalue weighted by atomic mass is 9.65. The Labute approximate surface area is 312 Å². The van der Waals surface area contributed by atoms with Crippen molar-refractivity contribution in [3.8, 4) is 11.1 Å². The number of aliphatic hydroxyl groups excluding tert-OH is 1. The van der Waals surface area contributed by atoms with Crippen LogP contribution in [-0.4, -0.2) is 51.1 Å². The SMILES string of the molecule is CC1C(CN2CC3(C)CC2CC(C)(C)C3)OC(c2cccc(-c3cccc(CNC(=O)c4cnc5ccccc5n4)c3)c2)OC1c1ccc(CO)cc1. The molecule has 8 rings (SSSR count). The molecule has 1 saturated carbocycles. The lowest BCUT2D eigenvalue weighted by Gasteiger charge is -2.43. The molecular weight excluding hydrogens is 661 g/mol. The van der Waals surface area contributed by atoms with Gasteiger partial charge < -0.3 is 19.9 Å². The maximum absolute atomic E-state index is 13.0. The van der Waals surface area contributed by atoms with Crippen molar-refractivity contribution in [3.63, 3.8) is 0 Å². The number of likely N-dealkylation sites (tertiary alicyclic amines) is 1. The van der Waals surface area contributed by atoms with Crippen LogP contribution < -0.4 is 5.32 Å². The van der Waals surface area contributed by atoms with Crippen molar-refractivity contribution in [1.29, 1.82) is 0 Å². The summed E-state index contributed by atoms with van der Waals surface area (Å²) in [6.07, 6.45) is 4.53. The van der Waals surface area contributed by atoms with Gasteiger partial charge in [-0.2, -0.15) is 0 Å². The highest BCUT2D eigenvalue weighted by Crippen LogP contribution is 2.53. The van der Waals surface area contributed by atoms with Crippen LogP contribution in [0.2, 0.25) is 0 Å². The van der Waals surface area contributed by atoms with E-state index in [1.165, 1.54) is 25.5 Å². The summed E-state index contributed by atoms with van der Waals surface area (Å²) in [5.74, 6) is -0.134. The molecule has 6 atom stereocenters. The van der Waals surface area contributed by atoms with Gasteiger partial charge in [-0.25, -0.2) is 4.98 Å². The molecule has 3 heterocycles. The Hall–Kier alpha value is -4.47. The number of nitrogens with zero attached hydrogens (tertiary/aromatic N) is 3. The van der Waals surface area contributed by atoms with E-state index >= 15 is 0 Å². The molecule has 5 aromatic rings. The standard InChI is InChI=1S/C45H50N4O4/c1-29-40(25-49-28-45(4)22-36(49)21-44(2,3)27-45)52-43(53-41(29)32-17-15-30(26-50)16-18-32)35-12-8-11-34(20-35)33-10-7-9-31(19-33)23-47-42(51)39-24-46-37-13-5-6-14-38(37)48-39/h5-20,24,29,36,40-41,43,50H,21-23,25-28H2,1-4H3,(H,47,51). The minimum absolute atomic E-state index is 0.0146. The van der Waals surface area contributed by atoms with Crippen molar-refractivity contribution in [2.45, 2.75) is 84.6 Å². The molecule has 3 fully saturated rings. The smallest absolute Gasteiger partial charge is 0.271 e. The van der Waals surface area contributed by atoms with Crippen molar-refractivity contribution in [2.24, 2.45) is 16.7 Å². The van der Waals surface area contributed by atoms with E-state index in [1.54, 1.807) is 0 Å². The third-order valence-corrected chi connectivity index (χ3v) is 11.6. The van der Waals surface area contributed by atoms with Crippen LogP contribution >= 0.6 is 0 Å². The van der Waals surface area contributed by atoms with Gasteiger partial charge in [-0.1, -0.05) is 100 Å². The zero-order chi connectivity index (χ0) is 36.7. The average Bonchev–Trinajstić information content (AvgIpc) is 3.41. The number of amides is 1. The number of hydrogen-bond acceptors (Lipinski definition) is 7. The quantitative estimate of drug-likeness (QED) is 0.159. The third kappa shape index (κ3) is 7.64. The van der Waals surface area contributed by atoms with E-state index in [0.29, 0.717) is 34.6 Å². The molecule has 3 aliphatic rings. The van der Waals surface area contributed by atoms with Gasteiger partial charge in [0.15, 0.2) is 6.29 Å². The molecule has 2 bridgehead atoms. The fraction of sp³-hybridized carbons (Fsp3) is 0.400. The van der Waals surface area contributed by atoms with E-state index in [2.05, 4.69) is 96.4 Å². The predicted molar refractivity (Wildman–Crippen MR) is 207 cm³/mol. The summed E-state index contributed by atoms with van der Waals surface area (Å²) < 4.78 is 13.8. The van der Waals surface area contributed by atoms with E-state index in [1.807, 2.05) is 48.5 Å². The first-order valence-electron chi connectivity index (χ1n) is 19.0. The number of benzene rings is 4. The van der Waals surface area contributed by atoms with Crippen LogP contribution in [0.25, 0.3) is 22.2 Å². The van der Waals surface area contributed by atoms with Gasteiger partial charge in [-0.15, -0.1) is 0 Å². The molecule has 2 saturated heterocycles. The maximum Gasteiger partial charge on any atom is 0.271 e. The van der Waals surface area contributed by atoms with Crippen LogP contribution in [0.3, 0.4) is 0 Å². The Bertz CT molecular complexity index is 2100. The molecule has 6 unspecified atom stereocenters. The second-order valence-electron chi connectivity index (χ2n) is 16.7. The minimum atomic E-state index is -0.543. The largest absolute Gasteiger partial charge is 0.392 e. The fourth-order valence-electron chi connectivity index (χ4n) is 9.41. The zero-order valence-electron chi connectivity index (χ0n) is 31.2. The molecule has 1 amide bonds. The van der Waals surface area contributed by atoms with Crippen LogP contribution in [0.1, 0.15) is 92.1 Å². The van der Waals surface area contributed by atoms with Gasteiger partial charge in [0.25, 0.3) is 5.91 Å². The second kappa shape index (κ2) is 14.4. The summed E-state index contributed by atoms with van der Waals surface area (Å²) >= 11 is 0. The summed E-state index contributed by atoms with van der Waals surface area (Å²) in [7, 11) is 0. The number of rotatable bonds is 9. The highest BCUT2D eigenvalue weighted by molar-refractivity contribution is 5.93. The van der Waals surface area contributed by atoms with E-state index in [0.717, 1.165) is 52.0 Å². The first-order valence-corrected chi connectivity index (χ1v) is 19.0. The Morgan fingerprint density at radius 3 is 2.42 bits per heavy atom. The first kappa shape index (κ1) is 35.6. The van der Waals surface area contributed by atoms with Gasteiger partial charge in [0.2, 0.25) is 0 Å². The molecule has 1 aromatic heterocycles. The molecular formula is C45H50N4O4. The highest BCUT2D eigenvalue weighted by Gasteiger charge is 2.51. The van der Waals surface area contributed by atoms with Crippen molar-refractivity contribution in [1.82, 2.24) is 20.2 Å². The van der Waals surface area contributed by atoms with Crippen molar-refractivity contribution < 1.29 is 19.4 Å². The second-order valence-corrected chi connectivity index (χ2v) is 16.7. The van der Waals surface area contributed by atoms with Gasteiger partial charge in [0, 0.05) is 37.2 Å². The van der Waals surface area contributed by atoms with E-state index < -0.39 is 6.29 Å². The Balaban J connectivity index is 1.02. The number of aliphatic hydroxyl groups is 1. The van der Waals surface area contributed by atoms with Gasteiger partial charge in [0.05, 0.1) is 36.0 Å². The molecule has 53 heavy (non-hydrogen) atoms. The molecule has 2 aliphatic heterocycles. The third-order valence-electron chi connectivity index (χ3n) is 11.6. The van der Waals surface area contributed by atoms with Crippen molar-refractivity contribution in [3.05, 3.63) is 131 Å². The Morgan fingerprint density at radius 1 is 0.868 bits per heavy atom. The molecule has 8 heteroatoms. The molecule has 274 valence electrons. The topological polar surface area (TPSA) is 96.8 Å². The number of nitrogens with one attached hydrogen (secondary N) is 1. The van der Waals surface area contributed by atoms with Crippen LogP contribution in [0.4, 0.5) is 0 Å². The summed E-state index contributed by atoms with van der Waals surface area (Å²) in [6, 6.07) is 32.9. The number of carbonyl (C=O) groups excluding carboxylic acids is 1. The van der Waals surface area contributed by atoms with Crippen molar-refractivity contribution >= 4 is 16.9 Å². The summed E-state index contributed by atoms with van der Waals surface area (Å²) in [6.45, 7) is 11.9. The minimum Gasteiger partial charge on any atom is -0.392 e. The van der Waals surface area contributed by atoms with E-state index in [4.69, 9.17) is 9.47 Å². The number of para-hydroxylation sites is 2. The number of ether oxygens (including phenoxy) is 2. The predicted octanol–water partition coefficient (Wildman–Crippen LogP) is 8.41. The summed E-state index contributed by atoms with van der Waals surface area (Å²) in [5.41, 5.74) is 8.46. The van der Waals surface area contributed by atoms with Gasteiger partial charge in [0.1, 0.15) is 5.69 Å². The van der Waals surface area contributed by atoms with Crippen LogP contribution in [-0.2, 0) is 22.6 Å². The molecule has 0 radical (unpaired) electrons. The normalized spacial score (nSPS) is 26.8. The summed E-state index contributed by atoms with van der Waals surface area (Å²) in [5, 5.41) is 12.7. The van der Waals surface area contributed by atoms with Crippen LogP contribution in [0.5, 0.6) is 0 Å². The molecule has 1 aliphatic carbocycles. The lowest BCUT2D eigenvalue weighted by Crippen LogP contribution is -2.46. The van der Waals surface area contributed by atoms with Crippen molar-refractivity contribution in [2.75, 3.05) is 13.1 Å². The molecule has 2 N–H and O–H groups in total. The number of fused-ring (bicyclic) bond motifs is 3. The highest BCUT2D eigenvalue weighted by atomic mass is 16.7. The summed E-state index contributed by atoms with van der Waals surface area (Å²) in [4.78, 5) is 24.6. The average molecular weight is 711 g/mol. The lowest BCUT2D eigenvalue weighted by molar-refractivity contribution is -0.276. The first-order chi connectivity index (χ1) is 25.5. The fourth-order valence-corrected chi connectivity index (χ4v) is 9.41. The van der Waals surface area contributed by atoms with Crippen LogP contribution in [0.15, 0.2) is 103 Å². The number of aromatic nitrogens is 2. The molecule has 4 aromatic carbocycles. The van der Waals surface area contributed by atoms with Gasteiger partial charge >= 0.3 is 0 Å². The van der Waals surface area contributed by atoms with Gasteiger partial charge in [-0.3, -0.25) is 14.7 Å². The van der Waals surface area contributed by atoms with Crippen LogP contribution in [0, 0.1) is 16.7 Å². The number of carbonyl (C=O) groups is 1. The van der Waals surface area contributed by atoms with E-state index in [9.17, 15) is 9.90 Å². The van der Waals surface area contributed by atoms with E-state index in [-0.39, 0.29) is 30.6 Å². The number of hydrogen-bond donors (Lipinski definition) is 2. The Kier molecular flexibility index (Phi) is 9.66. The monoisotopic (exact) mass is 710 g/mol. The molecule has 0 spiro atoms. The Morgan fingerprint density at radius 2 is 1.62 bits per heavy atom. The zero-order valence-corrected chi connectivity index (χ0v) is 31.2. The maximum atomic E-state index is 13.0. The molecule has 8 nitrogen and oxygen atoms in total.